The van der Waals surface area contributed by atoms with Crippen LogP contribution in [0.3, 0.4) is 0 Å². The first-order valence-corrected chi connectivity index (χ1v) is 9.78. The largest absolute Gasteiger partial charge is 0.462 e. The van der Waals surface area contributed by atoms with Gasteiger partial charge in [0.2, 0.25) is 0 Å². The van der Waals surface area contributed by atoms with E-state index in [1.807, 2.05) is 32.9 Å². The molecule has 0 unspecified atom stereocenters. The zero-order chi connectivity index (χ0) is 20.4. The van der Waals surface area contributed by atoms with E-state index in [9.17, 15) is 14.4 Å². The van der Waals surface area contributed by atoms with Gasteiger partial charge in [0, 0.05) is 35.8 Å². The molecule has 0 aromatic heterocycles. The highest BCUT2D eigenvalue weighted by Crippen LogP contribution is 2.54. The third-order valence-electron chi connectivity index (χ3n) is 6.98. The lowest BCUT2D eigenvalue weighted by molar-refractivity contribution is -0.189. The molecule has 6 heteroatoms. The van der Waals surface area contributed by atoms with Gasteiger partial charge in [-0.15, -0.1) is 0 Å². The Morgan fingerprint density at radius 1 is 1.29 bits per heavy atom. The predicted molar refractivity (Wildman–Crippen MR) is 99.8 cm³/mol. The Morgan fingerprint density at radius 3 is 2.68 bits per heavy atom. The molecule has 28 heavy (non-hydrogen) atoms. The minimum atomic E-state index is -1.20. The van der Waals surface area contributed by atoms with Gasteiger partial charge >= 0.3 is 11.9 Å². The minimum Gasteiger partial charge on any atom is -0.462 e. The minimum absolute atomic E-state index is 0.0404. The number of hydrogen-bond donors (Lipinski definition) is 0. The van der Waals surface area contributed by atoms with Gasteiger partial charge in [0.1, 0.15) is 6.10 Å². The molecular weight excluding hydrogens is 360 g/mol. The molecule has 0 aromatic carbocycles. The van der Waals surface area contributed by atoms with Crippen LogP contribution in [0.4, 0.5) is 0 Å². The first-order chi connectivity index (χ1) is 13.1. The van der Waals surface area contributed by atoms with Gasteiger partial charge in [0.25, 0.3) is 5.79 Å². The second-order valence-electron chi connectivity index (χ2n) is 8.69. The normalized spacial score (nSPS) is 42.1. The maximum absolute atomic E-state index is 12.5. The Labute approximate surface area is 164 Å². The predicted octanol–water partition coefficient (Wildman–Crippen LogP) is 3.02. The van der Waals surface area contributed by atoms with Gasteiger partial charge in [-0.05, 0) is 43.9 Å². The second kappa shape index (κ2) is 6.14. The first-order valence-electron chi connectivity index (χ1n) is 9.78. The molecule has 6 atom stereocenters. The molecule has 150 valence electrons. The van der Waals surface area contributed by atoms with Crippen LogP contribution < -0.4 is 0 Å². The lowest BCUT2D eigenvalue weighted by Gasteiger charge is -2.45. The summed E-state index contributed by atoms with van der Waals surface area (Å²) in [6.07, 6.45) is 5.44. The van der Waals surface area contributed by atoms with Gasteiger partial charge in [0.15, 0.2) is 5.78 Å². The van der Waals surface area contributed by atoms with Crippen molar-refractivity contribution in [2.24, 2.45) is 17.3 Å². The van der Waals surface area contributed by atoms with Crippen LogP contribution >= 0.6 is 0 Å². The van der Waals surface area contributed by atoms with Crippen LogP contribution in [-0.2, 0) is 28.6 Å². The third kappa shape index (κ3) is 2.61. The number of esters is 2. The molecule has 2 bridgehead atoms. The van der Waals surface area contributed by atoms with Gasteiger partial charge in [0.05, 0.1) is 6.10 Å². The van der Waals surface area contributed by atoms with E-state index < -0.39 is 17.3 Å². The van der Waals surface area contributed by atoms with Crippen molar-refractivity contribution in [2.45, 2.75) is 65.5 Å². The molecule has 3 heterocycles. The second-order valence-corrected chi connectivity index (χ2v) is 8.69. The number of ether oxygens (including phenoxy) is 3. The fraction of sp³-hybridized carbons (Fsp3) is 0.591. The quantitative estimate of drug-likeness (QED) is 0.509. The smallest absolute Gasteiger partial charge is 0.336 e. The monoisotopic (exact) mass is 386 g/mol. The average Bonchev–Trinajstić information content (AvgIpc) is 3.04. The highest BCUT2D eigenvalue weighted by Gasteiger charge is 2.57. The third-order valence-corrected chi connectivity index (χ3v) is 6.98. The van der Waals surface area contributed by atoms with E-state index in [1.165, 1.54) is 6.92 Å². The molecule has 3 aliphatic heterocycles. The van der Waals surface area contributed by atoms with E-state index in [4.69, 9.17) is 14.2 Å². The summed E-state index contributed by atoms with van der Waals surface area (Å²) in [5.74, 6) is -2.34. The van der Waals surface area contributed by atoms with Crippen molar-refractivity contribution in [2.75, 3.05) is 0 Å². The Bertz CT molecular complexity index is 864. The summed E-state index contributed by atoms with van der Waals surface area (Å²) in [5.41, 5.74) is 1.69. The van der Waals surface area contributed by atoms with Crippen LogP contribution in [0, 0.1) is 17.3 Å². The van der Waals surface area contributed by atoms with Gasteiger partial charge in [-0.25, -0.2) is 4.79 Å². The summed E-state index contributed by atoms with van der Waals surface area (Å²) in [5, 5.41) is 0. The average molecular weight is 386 g/mol. The van der Waals surface area contributed by atoms with E-state index in [-0.39, 0.29) is 35.7 Å². The zero-order valence-electron chi connectivity index (χ0n) is 16.9. The summed E-state index contributed by atoms with van der Waals surface area (Å²) in [6, 6.07) is 0. The number of hydrogen-bond acceptors (Lipinski definition) is 6. The fourth-order valence-electron chi connectivity index (χ4n) is 5.19. The molecule has 4 aliphatic rings. The van der Waals surface area contributed by atoms with Crippen molar-refractivity contribution in [1.82, 2.24) is 0 Å². The Balaban J connectivity index is 1.90. The number of carbonyl (C=O) groups is 3. The number of fused-ring (bicyclic) bond motifs is 2. The maximum atomic E-state index is 12.5. The molecule has 4 rings (SSSR count). The van der Waals surface area contributed by atoms with Crippen LogP contribution in [0.25, 0.3) is 0 Å². The lowest BCUT2D eigenvalue weighted by atomic mass is 9.60. The topological polar surface area (TPSA) is 78.9 Å². The fourth-order valence-corrected chi connectivity index (χ4v) is 5.19. The van der Waals surface area contributed by atoms with Crippen molar-refractivity contribution in [3.63, 3.8) is 0 Å². The first kappa shape index (κ1) is 19.1. The van der Waals surface area contributed by atoms with Gasteiger partial charge in [-0.2, -0.15) is 0 Å². The molecule has 0 saturated carbocycles. The number of ketones is 1. The van der Waals surface area contributed by atoms with Crippen LogP contribution in [0.5, 0.6) is 0 Å². The van der Waals surface area contributed by atoms with Crippen molar-refractivity contribution >= 4 is 17.7 Å². The Hall–Kier alpha value is -2.21. The van der Waals surface area contributed by atoms with Crippen LogP contribution in [0.15, 0.2) is 34.9 Å². The van der Waals surface area contributed by atoms with E-state index in [1.54, 1.807) is 13.0 Å². The molecular formula is C22H26O6. The van der Waals surface area contributed by atoms with E-state index in [0.29, 0.717) is 18.4 Å². The van der Waals surface area contributed by atoms with Crippen LogP contribution in [0.1, 0.15) is 47.5 Å². The standard InChI is InChI=1S/C22H26O6/c1-11-10-22-16(13(3)20(25)28-22)8-15-12(2)17(24)6-7-21(15,5)19(26-14(4)23)9-18(11)27-22/h6-7,10,12,15,18-19H,8-9H2,1-5H3/t12-,15+,18-,19+,21+,22+/m1/s1. The molecule has 1 aliphatic carbocycles. The van der Waals surface area contributed by atoms with Crippen molar-refractivity contribution in [3.05, 3.63) is 34.9 Å². The molecule has 0 aromatic rings. The summed E-state index contributed by atoms with van der Waals surface area (Å²) in [4.78, 5) is 36.8. The molecule has 0 N–H and O–H groups in total. The summed E-state index contributed by atoms with van der Waals surface area (Å²) < 4.78 is 17.7. The molecule has 0 radical (unpaired) electrons. The van der Waals surface area contributed by atoms with Crippen LogP contribution in [-0.4, -0.2) is 35.7 Å². The van der Waals surface area contributed by atoms with Crippen molar-refractivity contribution in [3.8, 4) is 0 Å². The van der Waals surface area contributed by atoms with Crippen molar-refractivity contribution < 1.29 is 28.6 Å². The van der Waals surface area contributed by atoms with E-state index in [0.717, 1.165) is 11.1 Å². The molecule has 1 spiro atoms. The number of rotatable bonds is 1. The molecule has 1 fully saturated rings. The van der Waals surface area contributed by atoms with Crippen molar-refractivity contribution in [1.29, 1.82) is 0 Å². The maximum Gasteiger partial charge on any atom is 0.336 e. The highest BCUT2D eigenvalue weighted by molar-refractivity contribution is 5.94. The van der Waals surface area contributed by atoms with E-state index in [2.05, 4.69) is 0 Å². The highest BCUT2D eigenvalue weighted by atomic mass is 16.7. The number of allylic oxidation sites excluding steroid dienone is 1. The Kier molecular flexibility index (Phi) is 4.20. The summed E-state index contributed by atoms with van der Waals surface area (Å²) in [7, 11) is 0. The van der Waals surface area contributed by atoms with Gasteiger partial charge in [-0.3, -0.25) is 9.59 Å². The number of carbonyl (C=O) groups excluding carboxylic acids is 3. The van der Waals surface area contributed by atoms with Gasteiger partial charge < -0.3 is 14.2 Å². The molecule has 6 nitrogen and oxygen atoms in total. The van der Waals surface area contributed by atoms with E-state index >= 15 is 0 Å². The summed E-state index contributed by atoms with van der Waals surface area (Å²) in [6.45, 7) is 9.01. The van der Waals surface area contributed by atoms with Gasteiger partial charge in [-0.1, -0.05) is 19.9 Å². The zero-order valence-corrected chi connectivity index (χ0v) is 16.9. The SMILES string of the molecule is CC(=O)O[C@H]1C[C@H]2O[C@@]3(C=C2C)OC(=O)C(C)=C3C[C@H]2[C@@H](C)C(=O)C=C[C@]12C. The molecule has 0 amide bonds. The lowest BCUT2D eigenvalue weighted by Crippen LogP contribution is -2.47. The molecule has 1 saturated heterocycles. The summed E-state index contributed by atoms with van der Waals surface area (Å²) >= 11 is 0. The Morgan fingerprint density at radius 2 is 2.00 bits per heavy atom. The van der Waals surface area contributed by atoms with Crippen LogP contribution in [0.2, 0.25) is 0 Å².